The molecule has 0 spiro atoms. The molecule has 70 valence electrons. The molecule has 4 heteroatoms. The van der Waals surface area contributed by atoms with Crippen molar-refractivity contribution in [1.82, 2.24) is 0 Å². The van der Waals surface area contributed by atoms with E-state index in [4.69, 9.17) is 22.4 Å². The van der Waals surface area contributed by atoms with E-state index >= 15 is 0 Å². The molecule has 0 saturated heterocycles. The minimum absolute atomic E-state index is 0.0790. The Hall–Kier alpha value is -1.06. The number of hydrogen-bond donors (Lipinski definition) is 2. The summed E-state index contributed by atoms with van der Waals surface area (Å²) in [7, 11) is 0. The molecule has 13 heavy (non-hydrogen) atoms. The van der Waals surface area contributed by atoms with Gasteiger partial charge in [-0.3, -0.25) is 4.79 Å². The van der Waals surface area contributed by atoms with Gasteiger partial charge in [-0.2, -0.15) is 0 Å². The highest BCUT2D eigenvalue weighted by Gasteiger charge is 2.17. The number of hydrogen-bond acceptors (Lipinski definition) is 2. The second kappa shape index (κ2) is 4.25. The fourth-order valence-electron chi connectivity index (χ4n) is 1.10. The molecule has 0 amide bonds. The van der Waals surface area contributed by atoms with Gasteiger partial charge in [0.05, 0.1) is 5.92 Å². The first-order chi connectivity index (χ1) is 6.15. The Kier molecular flexibility index (Phi) is 3.28. The van der Waals surface area contributed by atoms with Crippen molar-refractivity contribution in [3.05, 3.63) is 34.9 Å². The van der Waals surface area contributed by atoms with Gasteiger partial charge in [0.1, 0.15) is 0 Å². The lowest BCUT2D eigenvalue weighted by molar-refractivity contribution is -0.138. The maximum absolute atomic E-state index is 10.7. The van der Waals surface area contributed by atoms with E-state index < -0.39 is 11.9 Å². The van der Waals surface area contributed by atoms with E-state index in [2.05, 4.69) is 0 Å². The zero-order chi connectivity index (χ0) is 9.84. The standard InChI is InChI=1S/C9H10ClNO2/c10-7-3-1-2-6(4-7)8(5-11)9(12)13/h1-4,8H,5,11H2,(H,12,13)/t8-/m1/s1. The summed E-state index contributed by atoms with van der Waals surface area (Å²) < 4.78 is 0. The third kappa shape index (κ3) is 2.44. The van der Waals surface area contributed by atoms with Crippen LogP contribution in [0.2, 0.25) is 5.02 Å². The molecular weight excluding hydrogens is 190 g/mol. The molecule has 0 saturated carbocycles. The third-order valence-corrected chi connectivity index (χ3v) is 2.02. The fourth-order valence-corrected chi connectivity index (χ4v) is 1.30. The van der Waals surface area contributed by atoms with Gasteiger partial charge in [-0.05, 0) is 17.7 Å². The average Bonchev–Trinajstić information content (AvgIpc) is 2.04. The van der Waals surface area contributed by atoms with Crippen molar-refractivity contribution >= 4 is 17.6 Å². The largest absolute Gasteiger partial charge is 0.481 e. The van der Waals surface area contributed by atoms with Crippen LogP contribution in [-0.2, 0) is 4.79 Å². The van der Waals surface area contributed by atoms with Crippen molar-refractivity contribution in [2.45, 2.75) is 5.92 Å². The predicted octanol–water partition coefficient (Wildman–Crippen LogP) is 1.47. The van der Waals surface area contributed by atoms with Crippen LogP contribution in [0.25, 0.3) is 0 Å². The highest BCUT2D eigenvalue weighted by Crippen LogP contribution is 2.18. The van der Waals surface area contributed by atoms with E-state index in [-0.39, 0.29) is 6.54 Å². The topological polar surface area (TPSA) is 63.3 Å². The van der Waals surface area contributed by atoms with Gasteiger partial charge in [0.25, 0.3) is 0 Å². The summed E-state index contributed by atoms with van der Waals surface area (Å²) in [6, 6.07) is 6.73. The number of halogens is 1. The Morgan fingerprint density at radius 2 is 2.31 bits per heavy atom. The number of carboxylic acid groups (broad SMARTS) is 1. The van der Waals surface area contributed by atoms with Gasteiger partial charge in [0, 0.05) is 11.6 Å². The van der Waals surface area contributed by atoms with E-state index in [0.29, 0.717) is 10.6 Å². The molecule has 0 aliphatic heterocycles. The number of nitrogens with two attached hydrogens (primary N) is 1. The molecule has 0 fully saturated rings. The van der Waals surface area contributed by atoms with Crippen LogP contribution in [0, 0.1) is 0 Å². The van der Waals surface area contributed by atoms with Crippen LogP contribution in [0.4, 0.5) is 0 Å². The first-order valence-electron chi connectivity index (χ1n) is 3.83. The smallest absolute Gasteiger partial charge is 0.312 e. The number of rotatable bonds is 3. The summed E-state index contributed by atoms with van der Waals surface area (Å²) in [5.41, 5.74) is 5.97. The zero-order valence-corrected chi connectivity index (χ0v) is 7.66. The van der Waals surface area contributed by atoms with Crippen LogP contribution >= 0.6 is 11.6 Å². The van der Waals surface area contributed by atoms with Crippen molar-refractivity contribution in [2.75, 3.05) is 6.54 Å². The SMILES string of the molecule is NC[C@@H](C(=O)O)c1cccc(Cl)c1. The highest BCUT2D eigenvalue weighted by molar-refractivity contribution is 6.30. The molecule has 0 aliphatic rings. The number of benzene rings is 1. The van der Waals surface area contributed by atoms with Crippen molar-refractivity contribution in [1.29, 1.82) is 0 Å². The molecule has 3 nitrogen and oxygen atoms in total. The molecular formula is C9H10ClNO2. The Labute approximate surface area is 81.1 Å². The number of aliphatic carboxylic acids is 1. The van der Waals surface area contributed by atoms with Gasteiger partial charge in [-0.15, -0.1) is 0 Å². The van der Waals surface area contributed by atoms with Gasteiger partial charge in [-0.25, -0.2) is 0 Å². The van der Waals surface area contributed by atoms with Crippen LogP contribution in [0.3, 0.4) is 0 Å². The average molecular weight is 200 g/mol. The number of carboxylic acids is 1. The lowest BCUT2D eigenvalue weighted by Crippen LogP contribution is -2.20. The first-order valence-corrected chi connectivity index (χ1v) is 4.21. The van der Waals surface area contributed by atoms with Gasteiger partial charge >= 0.3 is 5.97 Å². The molecule has 1 atom stereocenters. The maximum Gasteiger partial charge on any atom is 0.312 e. The molecule has 0 aromatic heterocycles. The minimum atomic E-state index is -0.926. The van der Waals surface area contributed by atoms with E-state index in [1.165, 1.54) is 0 Å². The summed E-state index contributed by atoms with van der Waals surface area (Å²) in [6.07, 6.45) is 0. The van der Waals surface area contributed by atoms with E-state index in [9.17, 15) is 4.79 Å². The second-order valence-electron chi connectivity index (χ2n) is 2.68. The summed E-state index contributed by atoms with van der Waals surface area (Å²) in [5.74, 6) is -1.59. The molecule has 1 rings (SSSR count). The van der Waals surface area contributed by atoms with Crippen LogP contribution in [-0.4, -0.2) is 17.6 Å². The first kappa shape index (κ1) is 10.0. The van der Waals surface area contributed by atoms with Crippen LogP contribution < -0.4 is 5.73 Å². The van der Waals surface area contributed by atoms with Crippen molar-refractivity contribution < 1.29 is 9.90 Å². The summed E-state index contributed by atoms with van der Waals surface area (Å²) in [6.45, 7) is 0.0790. The molecule has 0 radical (unpaired) electrons. The normalized spacial score (nSPS) is 12.5. The fraction of sp³-hybridized carbons (Fsp3) is 0.222. The lowest BCUT2D eigenvalue weighted by Gasteiger charge is -2.09. The molecule has 0 heterocycles. The van der Waals surface area contributed by atoms with Crippen molar-refractivity contribution in [3.8, 4) is 0 Å². The third-order valence-electron chi connectivity index (χ3n) is 1.78. The predicted molar refractivity (Wildman–Crippen MR) is 50.9 cm³/mol. The molecule has 3 N–H and O–H groups in total. The Balaban J connectivity index is 2.98. The Bertz CT molecular complexity index is 314. The van der Waals surface area contributed by atoms with Crippen LogP contribution in [0.15, 0.2) is 24.3 Å². The summed E-state index contributed by atoms with van der Waals surface area (Å²) in [4.78, 5) is 10.7. The monoisotopic (exact) mass is 199 g/mol. The molecule has 1 aromatic carbocycles. The molecule has 0 aliphatic carbocycles. The van der Waals surface area contributed by atoms with E-state index in [1.54, 1.807) is 24.3 Å². The maximum atomic E-state index is 10.7. The van der Waals surface area contributed by atoms with E-state index in [0.717, 1.165) is 0 Å². The molecule has 0 bridgehead atoms. The van der Waals surface area contributed by atoms with Crippen molar-refractivity contribution in [2.24, 2.45) is 5.73 Å². The van der Waals surface area contributed by atoms with Gasteiger partial charge in [0.15, 0.2) is 0 Å². The highest BCUT2D eigenvalue weighted by atomic mass is 35.5. The quantitative estimate of drug-likeness (QED) is 0.775. The van der Waals surface area contributed by atoms with Crippen molar-refractivity contribution in [3.63, 3.8) is 0 Å². The summed E-state index contributed by atoms with van der Waals surface area (Å²) in [5, 5.41) is 9.32. The van der Waals surface area contributed by atoms with Gasteiger partial charge in [0.2, 0.25) is 0 Å². The van der Waals surface area contributed by atoms with E-state index in [1.807, 2.05) is 0 Å². The summed E-state index contributed by atoms with van der Waals surface area (Å²) >= 11 is 5.72. The lowest BCUT2D eigenvalue weighted by atomic mass is 10.00. The Morgan fingerprint density at radius 3 is 2.77 bits per heavy atom. The Morgan fingerprint density at radius 1 is 1.62 bits per heavy atom. The molecule has 0 unspecified atom stereocenters. The number of carbonyl (C=O) groups is 1. The van der Waals surface area contributed by atoms with Crippen LogP contribution in [0.1, 0.15) is 11.5 Å². The van der Waals surface area contributed by atoms with Gasteiger partial charge in [-0.1, -0.05) is 23.7 Å². The minimum Gasteiger partial charge on any atom is -0.481 e. The second-order valence-corrected chi connectivity index (χ2v) is 3.12. The zero-order valence-electron chi connectivity index (χ0n) is 6.90. The van der Waals surface area contributed by atoms with Crippen LogP contribution in [0.5, 0.6) is 0 Å². The van der Waals surface area contributed by atoms with Gasteiger partial charge < -0.3 is 10.8 Å². The molecule has 1 aromatic rings.